The molecule has 0 aliphatic carbocycles. The molecule has 0 radical (unpaired) electrons. The van der Waals surface area contributed by atoms with Crippen LogP contribution in [-0.2, 0) is 16.9 Å². The number of nitrogens with zero attached hydrogens (tertiary/aromatic N) is 2. The molecular formula is C22H18ClN3O. The average Bonchev–Trinajstić information content (AvgIpc) is 2.95. The Hall–Kier alpha value is -3.11. The van der Waals surface area contributed by atoms with Crippen LogP contribution in [0.4, 0.5) is 0 Å². The highest BCUT2D eigenvalue weighted by Crippen LogP contribution is 2.39. The lowest BCUT2D eigenvalue weighted by molar-refractivity contribution is -0.130. The fraction of sp³-hybridized carbons (Fsp3) is 0.0909. The first-order valence-electron chi connectivity index (χ1n) is 8.64. The number of carbonyl (C=O) groups excluding carboxylic acids is 1. The van der Waals surface area contributed by atoms with E-state index in [1.165, 1.54) is 4.90 Å². The molecule has 1 aliphatic heterocycles. The number of hydrogen-bond acceptors (Lipinski definition) is 3. The molecule has 1 aliphatic rings. The normalized spacial score (nSPS) is 15.7. The Morgan fingerprint density at radius 1 is 0.889 bits per heavy atom. The van der Waals surface area contributed by atoms with Crippen molar-refractivity contribution < 1.29 is 4.79 Å². The number of benzene rings is 3. The van der Waals surface area contributed by atoms with Gasteiger partial charge >= 0.3 is 0 Å². The lowest BCUT2D eigenvalue weighted by Gasteiger charge is -2.27. The molecular weight excluding hydrogens is 358 g/mol. The second-order valence-electron chi connectivity index (χ2n) is 6.43. The van der Waals surface area contributed by atoms with Crippen LogP contribution in [0.15, 0.2) is 89.9 Å². The maximum atomic E-state index is 13.6. The number of nitrogens with two attached hydrogens (primary N) is 1. The second-order valence-corrected chi connectivity index (χ2v) is 6.87. The first-order valence-corrected chi connectivity index (χ1v) is 9.02. The largest absolute Gasteiger partial charge is 0.369 e. The summed E-state index contributed by atoms with van der Waals surface area (Å²) in [6.45, 7) is 0.316. The molecule has 0 aromatic heterocycles. The Morgan fingerprint density at radius 3 is 2.04 bits per heavy atom. The smallest absolute Gasteiger partial charge is 0.266 e. The minimum Gasteiger partial charge on any atom is -0.369 e. The molecule has 0 saturated heterocycles. The van der Waals surface area contributed by atoms with Gasteiger partial charge in [-0.1, -0.05) is 84.4 Å². The zero-order chi connectivity index (χ0) is 18.9. The Morgan fingerprint density at radius 2 is 1.48 bits per heavy atom. The summed E-state index contributed by atoms with van der Waals surface area (Å²) >= 11 is 6.09. The number of aliphatic imine (C=N–C) groups is 1. The molecule has 3 aromatic rings. The van der Waals surface area contributed by atoms with E-state index in [2.05, 4.69) is 4.99 Å². The molecule has 134 valence electrons. The molecule has 5 heteroatoms. The van der Waals surface area contributed by atoms with Gasteiger partial charge in [-0.05, 0) is 28.8 Å². The highest BCUT2D eigenvalue weighted by molar-refractivity contribution is 6.30. The van der Waals surface area contributed by atoms with E-state index in [4.69, 9.17) is 17.3 Å². The van der Waals surface area contributed by atoms with Gasteiger partial charge in [0.1, 0.15) is 0 Å². The Labute approximate surface area is 162 Å². The summed E-state index contributed by atoms with van der Waals surface area (Å²) in [5, 5.41) is 0.618. The van der Waals surface area contributed by atoms with Crippen LogP contribution in [-0.4, -0.2) is 16.8 Å². The van der Waals surface area contributed by atoms with Crippen molar-refractivity contribution in [3.63, 3.8) is 0 Å². The van der Waals surface area contributed by atoms with E-state index < -0.39 is 5.54 Å². The van der Waals surface area contributed by atoms with Crippen molar-refractivity contribution in [3.05, 3.63) is 107 Å². The molecule has 4 rings (SSSR count). The maximum Gasteiger partial charge on any atom is 0.266 e. The molecule has 3 aromatic carbocycles. The molecule has 27 heavy (non-hydrogen) atoms. The highest BCUT2D eigenvalue weighted by Gasteiger charge is 2.50. The van der Waals surface area contributed by atoms with Gasteiger partial charge in [0.25, 0.3) is 5.91 Å². The van der Waals surface area contributed by atoms with Gasteiger partial charge in [-0.2, -0.15) is 0 Å². The van der Waals surface area contributed by atoms with E-state index >= 15 is 0 Å². The van der Waals surface area contributed by atoms with Crippen LogP contribution in [0.2, 0.25) is 5.02 Å². The third-order valence-corrected chi connectivity index (χ3v) is 4.96. The van der Waals surface area contributed by atoms with Gasteiger partial charge in [0.05, 0.1) is 6.54 Å². The van der Waals surface area contributed by atoms with Crippen LogP contribution in [0.3, 0.4) is 0 Å². The Balaban J connectivity index is 1.81. The van der Waals surface area contributed by atoms with Crippen LogP contribution in [0.5, 0.6) is 0 Å². The van der Waals surface area contributed by atoms with Crippen molar-refractivity contribution >= 4 is 23.5 Å². The predicted molar refractivity (Wildman–Crippen MR) is 107 cm³/mol. The van der Waals surface area contributed by atoms with Crippen LogP contribution < -0.4 is 5.73 Å². The molecule has 0 atom stereocenters. The molecule has 0 saturated carbocycles. The Bertz CT molecular complexity index is 963. The Kier molecular flexibility index (Phi) is 4.42. The lowest BCUT2D eigenvalue weighted by Crippen LogP contribution is -2.43. The van der Waals surface area contributed by atoms with E-state index in [0.717, 1.165) is 16.7 Å². The fourth-order valence-electron chi connectivity index (χ4n) is 3.45. The van der Waals surface area contributed by atoms with E-state index in [-0.39, 0.29) is 11.9 Å². The lowest BCUT2D eigenvalue weighted by atomic mass is 9.83. The molecule has 4 nitrogen and oxygen atoms in total. The van der Waals surface area contributed by atoms with E-state index in [1.807, 2.05) is 78.9 Å². The minimum absolute atomic E-state index is 0.169. The van der Waals surface area contributed by atoms with Crippen molar-refractivity contribution in [2.75, 3.05) is 0 Å². The van der Waals surface area contributed by atoms with E-state index in [1.54, 1.807) is 6.07 Å². The molecule has 2 N–H and O–H groups in total. The standard InChI is InChI=1S/C22H18ClN3O/c23-19-13-7-8-16(14-19)15-26-20(27)22(25-21(26)24,17-9-3-1-4-10-17)18-11-5-2-6-12-18/h1-14H,15H2,(H2,24,25). The summed E-state index contributed by atoms with van der Waals surface area (Å²) in [7, 11) is 0. The fourth-order valence-corrected chi connectivity index (χ4v) is 3.66. The predicted octanol–water partition coefficient (Wildman–Crippen LogP) is 3.94. The third-order valence-electron chi connectivity index (χ3n) is 4.73. The maximum absolute atomic E-state index is 13.6. The van der Waals surface area contributed by atoms with Crippen molar-refractivity contribution in [3.8, 4) is 0 Å². The van der Waals surface area contributed by atoms with Gasteiger partial charge in [0.2, 0.25) is 0 Å². The van der Waals surface area contributed by atoms with Gasteiger partial charge in [0, 0.05) is 5.02 Å². The van der Waals surface area contributed by atoms with Crippen LogP contribution in [0, 0.1) is 0 Å². The molecule has 1 amide bonds. The number of hydrogen-bond donors (Lipinski definition) is 1. The quantitative estimate of drug-likeness (QED) is 0.750. The monoisotopic (exact) mass is 375 g/mol. The van der Waals surface area contributed by atoms with Crippen LogP contribution in [0.1, 0.15) is 16.7 Å². The number of carbonyl (C=O) groups is 1. The summed E-state index contributed by atoms with van der Waals surface area (Å²) in [6.07, 6.45) is 0. The van der Waals surface area contributed by atoms with Gasteiger partial charge in [-0.25, -0.2) is 4.99 Å². The first-order chi connectivity index (χ1) is 13.1. The number of guanidine groups is 1. The summed E-state index contributed by atoms with van der Waals surface area (Å²) in [5.74, 6) is 0.0325. The van der Waals surface area contributed by atoms with Crippen molar-refractivity contribution in [1.82, 2.24) is 4.90 Å². The van der Waals surface area contributed by atoms with Crippen LogP contribution >= 0.6 is 11.6 Å². The average molecular weight is 376 g/mol. The van der Waals surface area contributed by atoms with Gasteiger partial charge in [-0.15, -0.1) is 0 Å². The molecule has 0 unspecified atom stereocenters. The second kappa shape index (κ2) is 6.89. The highest BCUT2D eigenvalue weighted by atomic mass is 35.5. The van der Waals surface area contributed by atoms with Gasteiger partial charge < -0.3 is 5.73 Å². The van der Waals surface area contributed by atoms with Crippen LogP contribution in [0.25, 0.3) is 0 Å². The first kappa shape index (κ1) is 17.3. The number of halogens is 1. The zero-order valence-corrected chi connectivity index (χ0v) is 15.3. The van der Waals surface area contributed by atoms with Gasteiger partial charge in [0.15, 0.2) is 11.5 Å². The zero-order valence-electron chi connectivity index (χ0n) is 14.5. The number of amides is 1. The molecule has 0 bridgehead atoms. The van der Waals surface area contributed by atoms with Crippen molar-refractivity contribution in [2.24, 2.45) is 10.7 Å². The van der Waals surface area contributed by atoms with Crippen molar-refractivity contribution in [1.29, 1.82) is 0 Å². The SMILES string of the molecule is NC1=NC(c2ccccc2)(c2ccccc2)C(=O)N1Cc1cccc(Cl)c1. The molecule has 1 heterocycles. The summed E-state index contributed by atoms with van der Waals surface area (Å²) in [6, 6.07) is 26.5. The topological polar surface area (TPSA) is 58.7 Å². The molecule has 0 spiro atoms. The van der Waals surface area contributed by atoms with Crippen molar-refractivity contribution in [2.45, 2.75) is 12.1 Å². The van der Waals surface area contributed by atoms with E-state index in [9.17, 15) is 4.79 Å². The minimum atomic E-state index is -1.18. The summed E-state index contributed by atoms with van der Waals surface area (Å²) < 4.78 is 0. The van der Waals surface area contributed by atoms with E-state index in [0.29, 0.717) is 11.6 Å². The third kappa shape index (κ3) is 2.98. The summed E-state index contributed by atoms with van der Waals surface area (Å²) in [4.78, 5) is 19.8. The summed E-state index contributed by atoms with van der Waals surface area (Å²) in [5.41, 5.74) is 7.53. The number of rotatable bonds is 4. The van der Waals surface area contributed by atoms with Gasteiger partial charge in [-0.3, -0.25) is 9.69 Å². The molecule has 0 fully saturated rings.